The van der Waals surface area contributed by atoms with Gasteiger partial charge in [-0.25, -0.2) is 9.97 Å². The maximum absolute atomic E-state index is 4.73. The molecule has 0 unspecified atom stereocenters. The Labute approximate surface area is 651 Å². The van der Waals surface area contributed by atoms with E-state index in [1.165, 1.54) is 65.5 Å². The van der Waals surface area contributed by atoms with E-state index in [1.54, 1.807) is 0 Å². The summed E-state index contributed by atoms with van der Waals surface area (Å²) in [7, 11) is 0. The highest BCUT2D eigenvalue weighted by Gasteiger charge is 2.21. The summed E-state index contributed by atoms with van der Waals surface area (Å²) < 4.78 is 0. The maximum Gasteiger partial charge on any atom is 0.126 e. The monoisotopic (exact) mass is 1460 g/mol. The lowest BCUT2D eigenvalue weighted by atomic mass is 9.86. The molecule has 0 saturated carbocycles. The quantitative estimate of drug-likeness (QED) is 0.152. The van der Waals surface area contributed by atoms with Crippen molar-refractivity contribution in [3.63, 3.8) is 0 Å². The summed E-state index contributed by atoms with van der Waals surface area (Å²) in [6.45, 7) is 68.4. The van der Waals surface area contributed by atoms with Gasteiger partial charge in [0.15, 0.2) is 0 Å². The average molecular weight is 1460 g/mol. The molecule has 13 heteroatoms. The van der Waals surface area contributed by atoms with Gasteiger partial charge in [-0.3, -0.25) is 34.9 Å². The number of nitrogens with zero attached hydrogens (tertiary/aromatic N) is 13. The average Bonchev–Trinajstić information content (AvgIpc) is 0.824. The molecule has 0 bridgehead atoms. The van der Waals surface area contributed by atoms with E-state index in [1.807, 2.05) is 93.9 Å². The van der Waals surface area contributed by atoms with Crippen LogP contribution in [0.4, 0.5) is 0 Å². The Kier molecular flexibility index (Phi) is 26.3. The molecule has 0 atom stereocenters. The Morgan fingerprint density at radius 2 is 0.679 bits per heavy atom. The van der Waals surface area contributed by atoms with E-state index in [2.05, 4.69) is 334 Å². The van der Waals surface area contributed by atoms with Crippen LogP contribution in [0.3, 0.4) is 0 Å². The van der Waals surface area contributed by atoms with Gasteiger partial charge in [-0.2, -0.15) is 20.4 Å². The van der Waals surface area contributed by atoms with Crippen LogP contribution in [0, 0.1) is 83.1 Å². The second-order valence-corrected chi connectivity index (χ2v) is 36.0. The van der Waals surface area contributed by atoms with Crippen LogP contribution in [0.15, 0.2) is 146 Å². The van der Waals surface area contributed by atoms with Crippen LogP contribution >= 0.6 is 0 Å². The molecule has 0 aliphatic heterocycles. The third-order valence-corrected chi connectivity index (χ3v) is 19.4. The first-order valence-electron chi connectivity index (χ1n) is 38.4. The molecule has 0 amide bonds. The van der Waals surface area contributed by atoms with Gasteiger partial charge in [-0.05, 0) is 228 Å². The van der Waals surface area contributed by atoms with Crippen molar-refractivity contribution in [1.29, 1.82) is 0 Å². The fourth-order valence-electron chi connectivity index (χ4n) is 12.8. The Morgan fingerprint density at radius 1 is 0.257 bits per heavy atom. The van der Waals surface area contributed by atoms with Crippen molar-refractivity contribution in [3.8, 4) is 0 Å². The first-order chi connectivity index (χ1) is 50.5. The molecule has 14 rings (SSSR count). The minimum absolute atomic E-state index is 0.0965. The summed E-state index contributed by atoms with van der Waals surface area (Å²) in [6, 6.07) is 45.2. The molecule has 0 fully saturated rings. The molecule has 10 heterocycles. The van der Waals surface area contributed by atoms with Crippen molar-refractivity contribution >= 4 is 75.9 Å². The van der Waals surface area contributed by atoms with E-state index in [-0.39, 0.29) is 32.5 Å². The summed E-state index contributed by atoms with van der Waals surface area (Å²) >= 11 is 0. The summed E-state index contributed by atoms with van der Waals surface area (Å²) in [5.74, 6) is 1.37. The summed E-state index contributed by atoms with van der Waals surface area (Å²) in [5.41, 5.74) is 25.5. The highest BCUT2D eigenvalue weighted by atomic mass is 15.1. The second kappa shape index (κ2) is 33.9. The molecule has 4 aromatic carbocycles. The van der Waals surface area contributed by atoms with Crippen molar-refractivity contribution in [3.05, 3.63) is 254 Å². The van der Waals surface area contributed by atoms with Gasteiger partial charge >= 0.3 is 0 Å². The number of hydrogen-bond acceptors (Lipinski definition) is 13. The first-order valence-corrected chi connectivity index (χ1v) is 38.4. The number of pyridine rings is 7. The van der Waals surface area contributed by atoms with E-state index in [4.69, 9.17) is 4.98 Å². The van der Waals surface area contributed by atoms with Crippen LogP contribution in [-0.4, -0.2) is 65.3 Å². The molecule has 10 aromatic heterocycles. The molecular weight excluding hydrogens is 1340 g/mol. The predicted octanol–water partition coefficient (Wildman–Crippen LogP) is 24.6. The molecule has 0 spiro atoms. The maximum atomic E-state index is 4.73. The van der Waals surface area contributed by atoms with Crippen LogP contribution in [0.2, 0.25) is 0 Å². The Balaban J connectivity index is 0.000000160. The van der Waals surface area contributed by atoms with Crippen molar-refractivity contribution in [2.45, 2.75) is 260 Å². The molecule has 0 radical (unpaired) electrons. The zero-order valence-corrected chi connectivity index (χ0v) is 71.7. The predicted molar refractivity (Wildman–Crippen MR) is 462 cm³/mol. The molecule has 14 aromatic rings. The Hall–Kier alpha value is -10.0. The largest absolute Gasteiger partial charge is 0.260 e. The summed E-state index contributed by atoms with van der Waals surface area (Å²) in [4.78, 5) is 40.4. The van der Waals surface area contributed by atoms with Gasteiger partial charge in [0, 0.05) is 123 Å². The molecule has 109 heavy (non-hydrogen) atoms. The normalized spacial score (nSPS) is 11.9. The van der Waals surface area contributed by atoms with Crippen LogP contribution in [0.5, 0.6) is 0 Å². The highest BCUT2D eigenvalue weighted by Crippen LogP contribution is 2.33. The zero-order chi connectivity index (χ0) is 80.8. The SMILES string of the molecule is Cc1cc2cc(C(C)(C)C)ccc2c(C)n1.Cc1cc2cc(C(C)(C)C)ccc2nn1.Cc1cc2cc(C(C)(C)C)ncc2c(C)n1.Cc1cc2cc(C(C)C)cnc2c(C)n1.Cc1cc2nc(C(C)(C)C)ccc2c(C)n1.Cc1nc(C)c2ccc(C(C)(C)C)cc2n1.Cc1nncc2cc(C(C)(C)C)ccc12. The number of benzene rings is 4. The van der Waals surface area contributed by atoms with Gasteiger partial charge in [0.25, 0.3) is 0 Å². The van der Waals surface area contributed by atoms with Gasteiger partial charge in [0.1, 0.15) is 5.82 Å². The number of hydrogen-bond donors (Lipinski definition) is 0. The minimum Gasteiger partial charge on any atom is -0.260 e. The van der Waals surface area contributed by atoms with E-state index in [0.717, 1.165) is 118 Å². The molecule has 0 N–H and O–H groups in total. The Morgan fingerprint density at radius 3 is 1.22 bits per heavy atom. The molecule has 13 nitrogen and oxygen atoms in total. The van der Waals surface area contributed by atoms with Gasteiger partial charge in [0.2, 0.25) is 0 Å². The lowest BCUT2D eigenvalue weighted by Gasteiger charge is -2.19. The van der Waals surface area contributed by atoms with Gasteiger partial charge in [-0.15, -0.1) is 0 Å². The first kappa shape index (κ1) is 84.6. The van der Waals surface area contributed by atoms with E-state index < -0.39 is 0 Å². The zero-order valence-electron chi connectivity index (χ0n) is 71.7. The van der Waals surface area contributed by atoms with Gasteiger partial charge in [0.05, 0.1) is 45.3 Å². The van der Waals surface area contributed by atoms with Crippen molar-refractivity contribution in [2.75, 3.05) is 0 Å². The van der Waals surface area contributed by atoms with Gasteiger partial charge < -0.3 is 0 Å². The smallest absolute Gasteiger partial charge is 0.126 e. The van der Waals surface area contributed by atoms with Crippen molar-refractivity contribution in [1.82, 2.24) is 65.3 Å². The number of aromatic nitrogens is 13. The number of rotatable bonds is 1. The van der Waals surface area contributed by atoms with E-state index >= 15 is 0 Å². The fraction of sp³-hybridized carbons (Fsp3) is 0.406. The molecule has 0 aliphatic rings. The lowest BCUT2D eigenvalue weighted by Crippen LogP contribution is -2.13. The Bertz CT molecular complexity index is 5150. The second-order valence-electron chi connectivity index (χ2n) is 36.0. The topological polar surface area (TPSA) is 168 Å². The van der Waals surface area contributed by atoms with E-state index in [0.29, 0.717) is 5.92 Å². The lowest BCUT2D eigenvalue weighted by molar-refractivity contribution is 0.570. The van der Waals surface area contributed by atoms with Crippen LogP contribution in [0.1, 0.15) is 252 Å². The molecule has 0 saturated heterocycles. The molecular formula is C96H121N13. The third-order valence-electron chi connectivity index (χ3n) is 19.4. The number of fused-ring (bicyclic) bond motifs is 7. The van der Waals surface area contributed by atoms with Crippen LogP contribution in [-0.2, 0) is 32.5 Å². The molecule has 570 valence electrons. The number of aryl methyl sites for hydroxylation is 12. The molecule has 0 aliphatic carbocycles. The van der Waals surface area contributed by atoms with E-state index in [9.17, 15) is 0 Å². The standard InChI is InChI=1S/C15H19N.3C14H18N2.3C13H16N2/c1-10-8-12-9-13(15(3,4)5)6-7-14(12)11(2)16-10;1-9-6-11-7-13(14(3,4)5)15-8-12(11)10(2)16-9;1-9-12-7-6-11(14(3,4)5)8-13(12)16-10(2)15-9;1-9-8-12-11(10(2)15-9)6-7-13(16-12)14(3,4)5;1-8(2)12-6-11-5-9(3)15-10(4)13(11)14-7-12;1-9-12-6-5-11(13(2,3)4)7-10(12)8-14-15-9;1-9-7-10-8-11(13(2,3)4)5-6-12(10)15-14-9/h6-9H,1-5H3;3*6-8H,1-5H3;3*5-8H,1-4H3. The third kappa shape index (κ3) is 22.6. The van der Waals surface area contributed by atoms with Crippen molar-refractivity contribution in [2.24, 2.45) is 0 Å². The van der Waals surface area contributed by atoms with Gasteiger partial charge in [-0.1, -0.05) is 187 Å². The highest BCUT2D eigenvalue weighted by molar-refractivity contribution is 5.88. The summed E-state index contributed by atoms with van der Waals surface area (Å²) in [5, 5.41) is 28.2. The minimum atomic E-state index is 0.0965. The fourth-order valence-corrected chi connectivity index (χ4v) is 12.8. The summed E-state index contributed by atoms with van der Waals surface area (Å²) in [6.07, 6.45) is 5.73. The van der Waals surface area contributed by atoms with Crippen molar-refractivity contribution < 1.29 is 0 Å². The van der Waals surface area contributed by atoms with Crippen LogP contribution in [0.25, 0.3) is 75.9 Å². The van der Waals surface area contributed by atoms with Crippen LogP contribution < -0.4 is 0 Å².